The van der Waals surface area contributed by atoms with Crippen LogP contribution in [0.2, 0.25) is 36.3 Å². The summed E-state index contributed by atoms with van der Waals surface area (Å²) in [5.74, 6) is 2.02. The van der Waals surface area contributed by atoms with E-state index in [1.165, 1.54) is 31.2 Å². The quantitative estimate of drug-likeness (QED) is 0.241. The summed E-state index contributed by atoms with van der Waals surface area (Å²) < 4.78 is 29.6. The second-order valence-corrected chi connectivity index (χ2v) is 32.9. The van der Waals surface area contributed by atoms with Crippen LogP contribution < -0.4 is 18.4 Å². The van der Waals surface area contributed by atoms with Gasteiger partial charge in [0.1, 0.15) is 0 Å². The van der Waals surface area contributed by atoms with Gasteiger partial charge in [-0.05, 0) is 0 Å². The van der Waals surface area contributed by atoms with Crippen molar-refractivity contribution < 1.29 is 18.3 Å². The van der Waals surface area contributed by atoms with E-state index in [-0.39, 0.29) is 59.4 Å². The molecule has 0 spiro atoms. The predicted molar refractivity (Wildman–Crippen MR) is 194 cm³/mol. The van der Waals surface area contributed by atoms with Crippen molar-refractivity contribution in [3.05, 3.63) is 46.5 Å². The van der Waals surface area contributed by atoms with Gasteiger partial charge in [-0.1, -0.05) is 0 Å². The van der Waals surface area contributed by atoms with Crippen molar-refractivity contribution in [3.8, 4) is 11.5 Å². The molecule has 0 amide bonds. The first kappa shape index (κ1) is 36.3. The zero-order chi connectivity index (χ0) is 33.3. The Hall–Kier alpha value is -0.567. The van der Waals surface area contributed by atoms with Gasteiger partial charge in [-0.3, -0.25) is 0 Å². The maximum absolute atomic E-state index is 7.31. The average molecular weight is 769 g/mol. The number of methoxy groups -OCH3 is 2. The van der Waals surface area contributed by atoms with E-state index < -0.39 is 16.6 Å². The summed E-state index contributed by atoms with van der Waals surface area (Å²) in [5.41, 5.74) is 5.72. The van der Waals surface area contributed by atoms with E-state index in [9.17, 15) is 0 Å². The van der Waals surface area contributed by atoms with Crippen LogP contribution in [-0.2, 0) is 21.7 Å². The zero-order valence-corrected chi connectivity index (χ0v) is 35.8. The number of ether oxygens (including phenoxy) is 2. The van der Waals surface area contributed by atoms with Crippen LogP contribution in [0.5, 0.6) is 11.5 Å². The van der Waals surface area contributed by atoms with Gasteiger partial charge in [-0.15, -0.1) is 0 Å². The molecular formula is C36H58O4Se2Si2. The molecule has 2 aliphatic carbocycles. The fourth-order valence-corrected chi connectivity index (χ4v) is 17.1. The number of benzene rings is 2. The van der Waals surface area contributed by atoms with Crippen LogP contribution >= 0.6 is 0 Å². The Morgan fingerprint density at radius 2 is 0.932 bits per heavy atom. The molecule has 2 aromatic carbocycles. The molecule has 2 atom stereocenters. The van der Waals surface area contributed by atoms with Gasteiger partial charge in [-0.25, -0.2) is 0 Å². The third kappa shape index (κ3) is 6.72. The van der Waals surface area contributed by atoms with Gasteiger partial charge < -0.3 is 0 Å². The number of fused-ring (bicyclic) bond motifs is 2. The van der Waals surface area contributed by atoms with Gasteiger partial charge in [0, 0.05) is 0 Å². The van der Waals surface area contributed by atoms with E-state index in [0.29, 0.717) is 0 Å². The van der Waals surface area contributed by atoms with Gasteiger partial charge in [0.25, 0.3) is 0 Å². The Labute approximate surface area is 282 Å². The van der Waals surface area contributed by atoms with E-state index in [4.69, 9.17) is 18.3 Å². The number of hydrogen-bond acceptors (Lipinski definition) is 4. The van der Waals surface area contributed by atoms with Gasteiger partial charge in [0.2, 0.25) is 0 Å². The van der Waals surface area contributed by atoms with Crippen molar-refractivity contribution in [2.45, 2.75) is 131 Å². The molecule has 0 unspecified atom stereocenters. The Bertz CT molecular complexity index is 1280. The minimum atomic E-state index is -2.02. The maximum atomic E-state index is 7.31. The fraction of sp³-hybridized carbons (Fsp3) is 0.667. The molecule has 0 aromatic heterocycles. The normalized spacial score (nSPS) is 21.3. The molecule has 0 fully saturated rings. The molecule has 0 saturated heterocycles. The van der Waals surface area contributed by atoms with Crippen LogP contribution in [-0.4, -0.2) is 57.1 Å². The molecule has 0 radical (unpaired) electrons. The Morgan fingerprint density at radius 3 is 1.20 bits per heavy atom. The summed E-state index contributed by atoms with van der Waals surface area (Å²) in [5, 5.41) is 0.285. The van der Waals surface area contributed by atoms with E-state index >= 15 is 0 Å². The molecule has 44 heavy (non-hydrogen) atoms. The fourth-order valence-electron chi connectivity index (χ4n) is 6.03. The molecule has 2 aliphatic rings. The SMILES string of the molecule is COc1ccc2c(c1[Se][Se]c1c(OC)ccc3c1[C@H](O[Si](C)(C)C(C)(C)C)C(C)(C)C3)[C@H](O[Si](C)(C)C(C)(C)C)C(C)(C)C2. The van der Waals surface area contributed by atoms with E-state index in [1.807, 2.05) is 14.2 Å². The Balaban J connectivity index is 1.81. The molecule has 0 aliphatic heterocycles. The average Bonchev–Trinajstić information content (AvgIpc) is 3.28. The van der Waals surface area contributed by atoms with E-state index in [1.54, 1.807) is 0 Å². The predicted octanol–water partition coefficient (Wildman–Crippen LogP) is 8.27. The standard InChI is InChI=1S/C36H58O4Se2Si2/c1-33(2,3)43(13,14)39-31-27-23(21-35(31,7)8)17-19-25(37-11)29(27)41-42-30-26(38-12)20-18-24-22-36(9,10)32(28(24)30)40-44(15,16)34(4,5)6/h17-20,31-32H,21-22H2,1-16H3/t31-,32-/m0/s1. The first-order chi connectivity index (χ1) is 20.0. The second kappa shape index (κ2) is 12.1. The number of rotatable bonds is 9. The van der Waals surface area contributed by atoms with Crippen LogP contribution in [0, 0.1) is 10.8 Å². The molecule has 4 rings (SSSR count). The van der Waals surface area contributed by atoms with Crippen LogP contribution in [0.15, 0.2) is 24.3 Å². The Morgan fingerprint density at radius 1 is 0.614 bits per heavy atom. The molecule has 2 aromatic rings. The van der Waals surface area contributed by atoms with Gasteiger partial charge in [0.15, 0.2) is 0 Å². The van der Waals surface area contributed by atoms with Crippen LogP contribution in [0.3, 0.4) is 0 Å². The molecule has 8 heteroatoms. The van der Waals surface area contributed by atoms with Crippen molar-refractivity contribution in [2.24, 2.45) is 10.8 Å². The monoisotopic (exact) mass is 770 g/mol. The number of hydrogen-bond donors (Lipinski definition) is 0. The minimum absolute atomic E-state index is 0.0276. The van der Waals surface area contributed by atoms with E-state index in [2.05, 4.69) is 120 Å². The van der Waals surface area contributed by atoms with Gasteiger partial charge in [-0.2, -0.15) is 0 Å². The van der Waals surface area contributed by atoms with Gasteiger partial charge >= 0.3 is 284 Å². The summed E-state index contributed by atoms with van der Waals surface area (Å²) in [7, 11) is -0.389. The van der Waals surface area contributed by atoms with Crippen molar-refractivity contribution in [3.63, 3.8) is 0 Å². The molecule has 0 N–H and O–H groups in total. The molecule has 0 bridgehead atoms. The molecule has 246 valence electrons. The van der Waals surface area contributed by atoms with Crippen molar-refractivity contribution in [1.29, 1.82) is 0 Å². The van der Waals surface area contributed by atoms with Crippen molar-refractivity contribution in [2.75, 3.05) is 14.2 Å². The van der Waals surface area contributed by atoms with Crippen molar-refractivity contribution >= 4 is 51.8 Å². The molecular weight excluding hydrogens is 710 g/mol. The van der Waals surface area contributed by atoms with Crippen LogP contribution in [0.1, 0.15) is 104 Å². The first-order valence-corrected chi connectivity index (χ1v) is 27.9. The summed E-state index contributed by atoms with van der Waals surface area (Å²) in [6.45, 7) is 33.1. The molecule has 0 heterocycles. The Kier molecular flexibility index (Phi) is 10.0. The summed E-state index contributed by atoms with van der Waals surface area (Å²) in [4.78, 5) is 0. The van der Waals surface area contributed by atoms with Crippen molar-refractivity contribution in [1.82, 2.24) is 0 Å². The molecule has 0 saturated carbocycles. The third-order valence-electron chi connectivity index (χ3n) is 10.8. The molecule has 4 nitrogen and oxygen atoms in total. The summed E-state index contributed by atoms with van der Waals surface area (Å²) in [6.07, 6.45) is 2.20. The van der Waals surface area contributed by atoms with Crippen LogP contribution in [0.25, 0.3) is 0 Å². The van der Waals surface area contributed by atoms with E-state index in [0.717, 1.165) is 24.3 Å². The second-order valence-electron chi connectivity index (χ2n) is 17.4. The third-order valence-corrected chi connectivity index (χ3v) is 26.9. The summed E-state index contributed by atoms with van der Waals surface area (Å²) in [6, 6.07) is 9.00. The topological polar surface area (TPSA) is 36.9 Å². The van der Waals surface area contributed by atoms with Crippen LogP contribution in [0.4, 0.5) is 0 Å². The van der Waals surface area contributed by atoms with Gasteiger partial charge in [0.05, 0.1) is 0 Å². The zero-order valence-electron chi connectivity index (χ0n) is 30.3. The summed E-state index contributed by atoms with van der Waals surface area (Å²) >= 11 is 0.325. The first-order valence-electron chi connectivity index (χ1n) is 16.1.